The summed E-state index contributed by atoms with van der Waals surface area (Å²) in [6.07, 6.45) is 12.2. The van der Waals surface area contributed by atoms with E-state index in [1.807, 2.05) is 24.3 Å². The van der Waals surface area contributed by atoms with Crippen molar-refractivity contribution in [2.45, 2.75) is 64.2 Å². The lowest BCUT2D eigenvalue weighted by Gasteiger charge is -2.29. The number of hydrogen-bond acceptors (Lipinski definition) is 3. The Morgan fingerprint density at radius 1 is 1.08 bits per heavy atom. The molecule has 3 nitrogen and oxygen atoms in total. The molecule has 0 aliphatic heterocycles. The van der Waals surface area contributed by atoms with E-state index in [-0.39, 0.29) is 0 Å². The molecule has 2 rings (SSSR count). The molecular formula is C21H27N3. The third kappa shape index (κ3) is 5.50. The average Bonchev–Trinajstić information content (AvgIpc) is 2.64. The first-order valence-corrected chi connectivity index (χ1v) is 9.20. The van der Waals surface area contributed by atoms with Crippen LogP contribution in [0.5, 0.6) is 0 Å². The molecule has 3 heteroatoms. The van der Waals surface area contributed by atoms with Gasteiger partial charge in [-0.05, 0) is 55.2 Å². The Hall–Kier alpha value is -2.13. The van der Waals surface area contributed by atoms with Crippen LogP contribution in [0.3, 0.4) is 0 Å². The van der Waals surface area contributed by atoms with E-state index in [9.17, 15) is 0 Å². The molecule has 1 aromatic rings. The van der Waals surface area contributed by atoms with Crippen molar-refractivity contribution in [3.05, 3.63) is 29.8 Å². The quantitative estimate of drug-likeness (QED) is 0.463. The zero-order valence-electron chi connectivity index (χ0n) is 14.6. The Labute approximate surface area is 146 Å². The normalized spacial score (nSPS) is 20.8. The van der Waals surface area contributed by atoms with Crippen LogP contribution in [0.25, 0.3) is 0 Å². The Kier molecular flexibility index (Phi) is 7.50. The molecule has 0 spiro atoms. The molecule has 1 aromatic carbocycles. The number of benzene rings is 1. The van der Waals surface area contributed by atoms with Gasteiger partial charge in [0.25, 0.3) is 0 Å². The second-order valence-electron chi connectivity index (χ2n) is 6.82. The van der Waals surface area contributed by atoms with Crippen LogP contribution in [0.15, 0.2) is 29.3 Å². The molecule has 126 valence electrons. The van der Waals surface area contributed by atoms with Crippen LogP contribution in [0.4, 0.5) is 5.69 Å². The van der Waals surface area contributed by atoms with Gasteiger partial charge in [0.05, 0.1) is 17.8 Å². The number of nitriles is 2. The fourth-order valence-corrected chi connectivity index (χ4v) is 3.56. The summed E-state index contributed by atoms with van der Waals surface area (Å²) < 4.78 is 0. The van der Waals surface area contributed by atoms with Crippen LogP contribution in [0.2, 0.25) is 0 Å². The predicted octanol–water partition coefficient (Wildman–Crippen LogP) is 5.91. The highest BCUT2D eigenvalue weighted by molar-refractivity contribution is 5.71. The number of aliphatic imine (C=N–C) groups is 1. The second-order valence-corrected chi connectivity index (χ2v) is 6.82. The Morgan fingerprint density at radius 3 is 2.33 bits per heavy atom. The van der Waals surface area contributed by atoms with Gasteiger partial charge in [-0.25, -0.2) is 0 Å². The van der Waals surface area contributed by atoms with Gasteiger partial charge in [-0.2, -0.15) is 10.5 Å². The maximum Gasteiger partial charge on any atom is 0.168 e. The standard InChI is InChI=1S/C21H27N3/c1-2-3-4-5-17-6-8-19(9-7-17)20-10-12-21(13-11-20)24-16-18(14-22)15-23/h10-13,16-19H,2-9H2,1H3. The molecule has 1 saturated carbocycles. The molecule has 24 heavy (non-hydrogen) atoms. The summed E-state index contributed by atoms with van der Waals surface area (Å²) in [5, 5.41) is 17.5. The number of hydrogen-bond donors (Lipinski definition) is 0. The van der Waals surface area contributed by atoms with Gasteiger partial charge in [-0.15, -0.1) is 0 Å². The van der Waals surface area contributed by atoms with Crippen molar-refractivity contribution in [1.29, 1.82) is 10.5 Å². The lowest BCUT2D eigenvalue weighted by molar-refractivity contribution is 0.303. The fraction of sp³-hybridized carbons (Fsp3) is 0.571. The monoisotopic (exact) mass is 321 g/mol. The Balaban J connectivity index is 1.84. The molecule has 1 aliphatic rings. The highest BCUT2D eigenvalue weighted by atomic mass is 14.7. The van der Waals surface area contributed by atoms with E-state index in [1.165, 1.54) is 63.1 Å². The van der Waals surface area contributed by atoms with Crippen molar-refractivity contribution in [3.63, 3.8) is 0 Å². The molecule has 0 radical (unpaired) electrons. The third-order valence-corrected chi connectivity index (χ3v) is 5.08. The van der Waals surface area contributed by atoms with Crippen LogP contribution in [0, 0.1) is 34.5 Å². The summed E-state index contributed by atoms with van der Waals surface area (Å²) >= 11 is 0. The number of unbranched alkanes of at least 4 members (excludes halogenated alkanes) is 2. The molecule has 0 bridgehead atoms. The fourth-order valence-electron chi connectivity index (χ4n) is 3.56. The van der Waals surface area contributed by atoms with Crippen molar-refractivity contribution in [2.24, 2.45) is 16.8 Å². The van der Waals surface area contributed by atoms with Crippen molar-refractivity contribution in [1.82, 2.24) is 0 Å². The van der Waals surface area contributed by atoms with Gasteiger partial charge in [-0.1, -0.05) is 44.7 Å². The maximum atomic E-state index is 8.74. The maximum absolute atomic E-state index is 8.74. The van der Waals surface area contributed by atoms with Gasteiger partial charge in [0.2, 0.25) is 0 Å². The van der Waals surface area contributed by atoms with Gasteiger partial charge < -0.3 is 0 Å². The third-order valence-electron chi connectivity index (χ3n) is 5.08. The van der Waals surface area contributed by atoms with Gasteiger partial charge in [0.1, 0.15) is 0 Å². The average molecular weight is 321 g/mol. The zero-order valence-corrected chi connectivity index (χ0v) is 14.6. The van der Waals surface area contributed by atoms with Gasteiger partial charge >= 0.3 is 0 Å². The molecule has 0 heterocycles. The van der Waals surface area contributed by atoms with Crippen molar-refractivity contribution < 1.29 is 0 Å². The minimum absolute atomic E-state index is 0.677. The molecule has 0 N–H and O–H groups in total. The number of nitrogens with zero attached hydrogens (tertiary/aromatic N) is 3. The SMILES string of the molecule is CCCCCC1CCC(c2ccc(N=CC(C#N)C#N)cc2)CC1. The first kappa shape index (κ1) is 18.2. The van der Waals surface area contributed by atoms with Gasteiger partial charge in [0, 0.05) is 6.21 Å². The van der Waals surface area contributed by atoms with Crippen LogP contribution in [-0.4, -0.2) is 6.21 Å². The lowest BCUT2D eigenvalue weighted by atomic mass is 9.77. The molecule has 0 aromatic heterocycles. The topological polar surface area (TPSA) is 59.9 Å². The minimum atomic E-state index is -0.771. The second kappa shape index (κ2) is 9.89. The molecule has 0 saturated heterocycles. The minimum Gasteiger partial charge on any atom is -0.259 e. The summed E-state index contributed by atoms with van der Waals surface area (Å²) in [5.41, 5.74) is 2.21. The van der Waals surface area contributed by atoms with E-state index in [0.717, 1.165) is 11.6 Å². The molecule has 0 atom stereocenters. The van der Waals surface area contributed by atoms with Crippen molar-refractivity contribution in [3.8, 4) is 12.1 Å². The summed E-state index contributed by atoms with van der Waals surface area (Å²) in [6, 6.07) is 12.1. The first-order chi connectivity index (χ1) is 11.8. The van der Waals surface area contributed by atoms with E-state index < -0.39 is 5.92 Å². The molecular weight excluding hydrogens is 294 g/mol. The van der Waals surface area contributed by atoms with Gasteiger partial charge in [0.15, 0.2) is 5.92 Å². The molecule has 0 unspecified atom stereocenters. The van der Waals surface area contributed by atoms with E-state index in [2.05, 4.69) is 24.0 Å². The summed E-state index contributed by atoms with van der Waals surface area (Å²) in [6.45, 7) is 2.27. The van der Waals surface area contributed by atoms with E-state index in [0.29, 0.717) is 5.92 Å². The van der Waals surface area contributed by atoms with Crippen molar-refractivity contribution in [2.75, 3.05) is 0 Å². The predicted molar refractivity (Wildman–Crippen MR) is 98.2 cm³/mol. The lowest BCUT2D eigenvalue weighted by Crippen LogP contribution is -2.13. The van der Waals surface area contributed by atoms with Crippen LogP contribution in [0.1, 0.15) is 69.8 Å². The van der Waals surface area contributed by atoms with Gasteiger partial charge in [-0.3, -0.25) is 4.99 Å². The summed E-state index contributed by atoms with van der Waals surface area (Å²) in [5.74, 6) is 0.842. The Bertz CT molecular complexity index is 581. The molecule has 0 amide bonds. The summed E-state index contributed by atoms with van der Waals surface area (Å²) in [7, 11) is 0. The highest BCUT2D eigenvalue weighted by Gasteiger charge is 2.21. The zero-order chi connectivity index (χ0) is 17.2. The van der Waals surface area contributed by atoms with E-state index >= 15 is 0 Å². The van der Waals surface area contributed by atoms with E-state index in [4.69, 9.17) is 10.5 Å². The van der Waals surface area contributed by atoms with Crippen LogP contribution in [-0.2, 0) is 0 Å². The summed E-state index contributed by atoms with van der Waals surface area (Å²) in [4.78, 5) is 4.22. The molecule has 1 fully saturated rings. The highest BCUT2D eigenvalue weighted by Crippen LogP contribution is 2.38. The smallest absolute Gasteiger partial charge is 0.168 e. The van der Waals surface area contributed by atoms with Crippen LogP contribution < -0.4 is 0 Å². The van der Waals surface area contributed by atoms with E-state index in [1.54, 1.807) is 0 Å². The number of rotatable bonds is 7. The molecule has 1 aliphatic carbocycles. The largest absolute Gasteiger partial charge is 0.259 e. The first-order valence-electron chi connectivity index (χ1n) is 9.20. The Morgan fingerprint density at radius 2 is 1.75 bits per heavy atom. The van der Waals surface area contributed by atoms with Crippen molar-refractivity contribution >= 4 is 11.9 Å². The van der Waals surface area contributed by atoms with Crippen LogP contribution >= 0.6 is 0 Å².